The van der Waals surface area contributed by atoms with Crippen molar-refractivity contribution < 1.29 is 5.11 Å². The normalized spacial score (nSPS) is 14.7. The van der Waals surface area contributed by atoms with Crippen molar-refractivity contribution in [1.82, 2.24) is 0 Å². The molecule has 3 heteroatoms. The van der Waals surface area contributed by atoms with Crippen molar-refractivity contribution in [2.45, 2.75) is 39.2 Å². The van der Waals surface area contributed by atoms with Crippen LogP contribution >= 0.6 is 11.6 Å². The number of aliphatic hydroxyl groups excluding tert-OH is 1. The average molecular weight is 256 g/mol. The number of rotatable bonds is 6. The van der Waals surface area contributed by atoms with Gasteiger partial charge in [0.05, 0.1) is 12.1 Å². The molecule has 0 amide bonds. The molecule has 1 aromatic carbocycles. The van der Waals surface area contributed by atoms with Gasteiger partial charge in [-0.25, -0.2) is 0 Å². The van der Waals surface area contributed by atoms with Gasteiger partial charge in [-0.3, -0.25) is 0 Å². The number of nitrogens with one attached hydrogen (secondary N) is 1. The lowest BCUT2D eigenvalue weighted by Gasteiger charge is -2.30. The maximum atomic E-state index is 9.53. The Morgan fingerprint density at radius 3 is 2.35 bits per heavy atom. The number of anilines is 1. The first-order valence-corrected chi connectivity index (χ1v) is 6.47. The van der Waals surface area contributed by atoms with Gasteiger partial charge in [-0.05, 0) is 49.9 Å². The summed E-state index contributed by atoms with van der Waals surface area (Å²) in [7, 11) is 0. The molecule has 0 saturated carbocycles. The molecule has 0 aliphatic rings. The molecule has 17 heavy (non-hydrogen) atoms. The summed E-state index contributed by atoms with van der Waals surface area (Å²) in [5, 5.41) is 13.6. The summed E-state index contributed by atoms with van der Waals surface area (Å²) < 4.78 is 0. The third-order valence-corrected chi connectivity index (χ3v) is 3.16. The minimum absolute atomic E-state index is 0.127. The van der Waals surface area contributed by atoms with Crippen molar-refractivity contribution in [3.63, 3.8) is 0 Å². The first-order chi connectivity index (χ1) is 7.95. The molecule has 1 rings (SSSR count). The monoisotopic (exact) mass is 255 g/mol. The van der Waals surface area contributed by atoms with Gasteiger partial charge in [0.15, 0.2) is 0 Å². The van der Waals surface area contributed by atoms with Crippen molar-refractivity contribution in [2.75, 3.05) is 11.9 Å². The van der Waals surface area contributed by atoms with E-state index in [1.54, 1.807) is 0 Å². The molecule has 0 aromatic heterocycles. The third-order valence-electron chi connectivity index (χ3n) is 2.91. The molecule has 2 nitrogen and oxygen atoms in total. The second kappa shape index (κ2) is 6.27. The first kappa shape index (κ1) is 14.3. The number of hydrogen-bond donors (Lipinski definition) is 2. The molecule has 0 aliphatic heterocycles. The van der Waals surface area contributed by atoms with E-state index >= 15 is 0 Å². The molecule has 1 atom stereocenters. The number of benzene rings is 1. The molecule has 0 spiro atoms. The highest BCUT2D eigenvalue weighted by molar-refractivity contribution is 6.30. The van der Waals surface area contributed by atoms with Crippen LogP contribution in [0.1, 0.15) is 33.6 Å². The van der Waals surface area contributed by atoms with Crippen LogP contribution in [0.4, 0.5) is 5.69 Å². The van der Waals surface area contributed by atoms with Crippen LogP contribution in [0.2, 0.25) is 5.02 Å². The maximum Gasteiger partial charge on any atom is 0.0658 e. The van der Waals surface area contributed by atoms with Gasteiger partial charge < -0.3 is 10.4 Å². The van der Waals surface area contributed by atoms with Crippen LogP contribution in [-0.4, -0.2) is 17.3 Å². The average Bonchev–Trinajstić information content (AvgIpc) is 2.30. The van der Waals surface area contributed by atoms with Gasteiger partial charge in [-0.2, -0.15) is 0 Å². The summed E-state index contributed by atoms with van der Waals surface area (Å²) in [5.41, 5.74) is 0.729. The molecular formula is C14H22ClNO. The minimum atomic E-state index is -0.266. The lowest BCUT2D eigenvalue weighted by molar-refractivity contribution is 0.208. The standard InChI is InChI=1S/C14H22ClNO/c1-11(2)8-9-14(3,10-17)16-13-6-4-12(15)5-7-13/h4-7,11,16-17H,8-10H2,1-3H3. The van der Waals surface area contributed by atoms with E-state index in [0.717, 1.165) is 23.6 Å². The minimum Gasteiger partial charge on any atom is -0.394 e. The number of halogens is 1. The Labute approximate surface area is 109 Å². The highest BCUT2D eigenvalue weighted by Crippen LogP contribution is 2.23. The first-order valence-electron chi connectivity index (χ1n) is 6.10. The van der Waals surface area contributed by atoms with Gasteiger partial charge in [0.1, 0.15) is 0 Å². The molecule has 0 fully saturated rings. The van der Waals surface area contributed by atoms with Crippen molar-refractivity contribution in [2.24, 2.45) is 5.92 Å². The fraction of sp³-hybridized carbons (Fsp3) is 0.571. The summed E-state index contributed by atoms with van der Waals surface area (Å²) in [4.78, 5) is 0. The zero-order valence-corrected chi connectivity index (χ0v) is 11.6. The molecule has 0 bridgehead atoms. The number of hydrogen-bond acceptors (Lipinski definition) is 2. The van der Waals surface area contributed by atoms with E-state index in [2.05, 4.69) is 19.2 Å². The third kappa shape index (κ3) is 4.97. The van der Waals surface area contributed by atoms with Gasteiger partial charge in [-0.15, -0.1) is 0 Å². The molecule has 1 aromatic rings. The zero-order valence-electron chi connectivity index (χ0n) is 10.8. The van der Waals surface area contributed by atoms with Crippen molar-refractivity contribution >= 4 is 17.3 Å². The van der Waals surface area contributed by atoms with Crippen LogP contribution < -0.4 is 5.32 Å². The van der Waals surface area contributed by atoms with Gasteiger partial charge >= 0.3 is 0 Å². The van der Waals surface area contributed by atoms with Crippen LogP contribution in [0.5, 0.6) is 0 Å². The Balaban J connectivity index is 2.64. The van der Waals surface area contributed by atoms with Crippen LogP contribution in [0.25, 0.3) is 0 Å². The lowest BCUT2D eigenvalue weighted by atomic mass is 9.92. The molecule has 0 saturated heterocycles. The topological polar surface area (TPSA) is 32.3 Å². The van der Waals surface area contributed by atoms with Crippen molar-refractivity contribution in [1.29, 1.82) is 0 Å². The Bertz CT molecular complexity index is 337. The SMILES string of the molecule is CC(C)CCC(C)(CO)Nc1ccc(Cl)cc1. The molecule has 2 N–H and O–H groups in total. The molecule has 0 aliphatic carbocycles. The maximum absolute atomic E-state index is 9.53. The van der Waals surface area contributed by atoms with Crippen LogP contribution in [-0.2, 0) is 0 Å². The smallest absolute Gasteiger partial charge is 0.0658 e. The Hall–Kier alpha value is -0.730. The zero-order chi connectivity index (χ0) is 12.9. The molecule has 0 heterocycles. The van der Waals surface area contributed by atoms with Gasteiger partial charge in [0, 0.05) is 10.7 Å². The summed E-state index contributed by atoms with van der Waals surface area (Å²) in [6, 6.07) is 7.57. The van der Waals surface area contributed by atoms with E-state index < -0.39 is 0 Å². The van der Waals surface area contributed by atoms with E-state index in [9.17, 15) is 5.11 Å². The lowest BCUT2D eigenvalue weighted by Crippen LogP contribution is -2.39. The Kier molecular flexibility index (Phi) is 5.29. The summed E-state index contributed by atoms with van der Waals surface area (Å²) >= 11 is 5.84. The molecular weight excluding hydrogens is 234 g/mol. The second-order valence-electron chi connectivity index (χ2n) is 5.28. The van der Waals surface area contributed by atoms with Gasteiger partial charge in [0.25, 0.3) is 0 Å². The summed E-state index contributed by atoms with van der Waals surface area (Å²) in [6.45, 7) is 6.56. The highest BCUT2D eigenvalue weighted by atomic mass is 35.5. The summed E-state index contributed by atoms with van der Waals surface area (Å²) in [5.74, 6) is 0.646. The highest BCUT2D eigenvalue weighted by Gasteiger charge is 2.22. The van der Waals surface area contributed by atoms with E-state index in [4.69, 9.17) is 11.6 Å². The summed E-state index contributed by atoms with van der Waals surface area (Å²) in [6.07, 6.45) is 2.04. The van der Waals surface area contributed by atoms with Crippen molar-refractivity contribution in [3.05, 3.63) is 29.3 Å². The van der Waals surface area contributed by atoms with E-state index in [-0.39, 0.29) is 12.1 Å². The predicted molar refractivity (Wildman–Crippen MR) is 74.6 cm³/mol. The molecule has 0 radical (unpaired) electrons. The van der Waals surface area contributed by atoms with Crippen molar-refractivity contribution in [3.8, 4) is 0 Å². The quantitative estimate of drug-likeness (QED) is 0.807. The Morgan fingerprint density at radius 1 is 1.29 bits per heavy atom. The predicted octanol–water partition coefficient (Wildman–Crippen LogP) is 3.94. The Morgan fingerprint density at radius 2 is 1.88 bits per heavy atom. The fourth-order valence-corrected chi connectivity index (χ4v) is 1.80. The molecule has 1 unspecified atom stereocenters. The van der Waals surface area contributed by atoms with E-state index in [1.165, 1.54) is 0 Å². The van der Waals surface area contributed by atoms with E-state index in [0.29, 0.717) is 5.92 Å². The molecule has 96 valence electrons. The van der Waals surface area contributed by atoms with E-state index in [1.807, 2.05) is 31.2 Å². The van der Waals surface area contributed by atoms with Crippen LogP contribution in [0.15, 0.2) is 24.3 Å². The van der Waals surface area contributed by atoms with Crippen LogP contribution in [0.3, 0.4) is 0 Å². The largest absolute Gasteiger partial charge is 0.394 e. The second-order valence-corrected chi connectivity index (χ2v) is 5.72. The fourth-order valence-electron chi connectivity index (χ4n) is 1.67. The van der Waals surface area contributed by atoms with Crippen LogP contribution in [0, 0.1) is 5.92 Å². The van der Waals surface area contributed by atoms with Gasteiger partial charge in [-0.1, -0.05) is 25.4 Å². The van der Waals surface area contributed by atoms with Gasteiger partial charge in [0.2, 0.25) is 0 Å². The number of aliphatic hydroxyl groups is 1.